The van der Waals surface area contributed by atoms with Gasteiger partial charge in [-0.2, -0.15) is 0 Å². The molecule has 0 bridgehead atoms. The molecule has 28 heavy (non-hydrogen) atoms. The van der Waals surface area contributed by atoms with E-state index >= 15 is 0 Å². The third-order valence-corrected chi connectivity index (χ3v) is 4.34. The summed E-state index contributed by atoms with van der Waals surface area (Å²) in [7, 11) is 1.57. The van der Waals surface area contributed by atoms with Gasteiger partial charge >= 0.3 is 0 Å². The summed E-state index contributed by atoms with van der Waals surface area (Å²) in [5.41, 5.74) is 0.482. The molecule has 0 fully saturated rings. The molecule has 0 aliphatic heterocycles. The van der Waals surface area contributed by atoms with Crippen LogP contribution in [0.2, 0.25) is 10.0 Å². The minimum atomic E-state index is -0.674. The summed E-state index contributed by atoms with van der Waals surface area (Å²) < 4.78 is 5.14. The molecule has 0 radical (unpaired) electrons. The minimum absolute atomic E-state index is 0.0844. The Morgan fingerprint density at radius 1 is 1.04 bits per heavy atom. The number of halogens is 2. The molecule has 2 aromatic rings. The molecule has 0 heterocycles. The van der Waals surface area contributed by atoms with Gasteiger partial charge in [0, 0.05) is 10.4 Å². The summed E-state index contributed by atoms with van der Waals surface area (Å²) >= 11 is 12.1. The zero-order chi connectivity index (χ0) is 20.9. The Bertz CT molecular complexity index is 901. The Morgan fingerprint density at radius 3 is 2.25 bits per heavy atom. The first kappa shape index (κ1) is 21.8. The number of hydrogen-bond donors (Lipinski definition) is 2. The first-order chi connectivity index (χ1) is 13.1. The van der Waals surface area contributed by atoms with Crippen LogP contribution in [0.15, 0.2) is 48.2 Å². The van der Waals surface area contributed by atoms with Gasteiger partial charge in [0.25, 0.3) is 5.91 Å². The Morgan fingerprint density at radius 2 is 1.68 bits per heavy atom. The number of anilines is 1. The maximum atomic E-state index is 12.8. The van der Waals surface area contributed by atoms with Gasteiger partial charge in [-0.25, -0.2) is 0 Å². The number of amides is 2. The van der Waals surface area contributed by atoms with Gasteiger partial charge in [0.05, 0.1) is 17.8 Å². The van der Waals surface area contributed by atoms with Gasteiger partial charge < -0.3 is 15.4 Å². The number of carbonyl (C=O) groups excluding carboxylic acids is 2. The van der Waals surface area contributed by atoms with Crippen molar-refractivity contribution in [1.82, 2.24) is 5.32 Å². The van der Waals surface area contributed by atoms with E-state index in [-0.39, 0.29) is 11.6 Å². The Kier molecular flexibility index (Phi) is 7.11. The number of hydrogen-bond acceptors (Lipinski definition) is 3. The predicted octanol–water partition coefficient (Wildman–Crippen LogP) is 5.14. The number of methoxy groups -OCH3 is 1. The van der Waals surface area contributed by atoms with Gasteiger partial charge in [-0.1, -0.05) is 56.1 Å². The molecule has 0 aromatic heterocycles. The van der Waals surface area contributed by atoms with E-state index in [1.165, 1.54) is 0 Å². The first-order valence-electron chi connectivity index (χ1n) is 8.54. The topological polar surface area (TPSA) is 67.4 Å². The molecule has 0 aliphatic carbocycles. The SMILES string of the molecule is COc1ccc(/C=C(/NC(=O)C(C)(C)C)C(=O)Nc2cc(Cl)ccc2Cl)cc1. The van der Waals surface area contributed by atoms with E-state index in [2.05, 4.69) is 10.6 Å². The largest absolute Gasteiger partial charge is 0.497 e. The number of carbonyl (C=O) groups is 2. The van der Waals surface area contributed by atoms with E-state index in [1.54, 1.807) is 76.4 Å². The normalized spacial score (nSPS) is 11.7. The fraction of sp³-hybridized carbons (Fsp3) is 0.238. The van der Waals surface area contributed by atoms with Crippen molar-refractivity contribution in [2.24, 2.45) is 5.41 Å². The van der Waals surface area contributed by atoms with Crippen molar-refractivity contribution in [2.45, 2.75) is 20.8 Å². The van der Waals surface area contributed by atoms with Crippen molar-refractivity contribution in [3.8, 4) is 5.75 Å². The van der Waals surface area contributed by atoms with Crippen molar-refractivity contribution in [3.63, 3.8) is 0 Å². The second-order valence-electron chi connectivity index (χ2n) is 7.11. The molecule has 0 unspecified atom stereocenters. The minimum Gasteiger partial charge on any atom is -0.497 e. The highest BCUT2D eigenvalue weighted by Gasteiger charge is 2.24. The van der Waals surface area contributed by atoms with Crippen LogP contribution in [0.25, 0.3) is 6.08 Å². The molecule has 2 aromatic carbocycles. The van der Waals surface area contributed by atoms with Crippen molar-refractivity contribution in [1.29, 1.82) is 0 Å². The lowest BCUT2D eigenvalue weighted by atomic mass is 9.95. The molecule has 0 atom stereocenters. The van der Waals surface area contributed by atoms with Crippen LogP contribution >= 0.6 is 23.2 Å². The maximum absolute atomic E-state index is 12.8. The lowest BCUT2D eigenvalue weighted by Crippen LogP contribution is -2.38. The molecule has 7 heteroatoms. The van der Waals surface area contributed by atoms with E-state index in [9.17, 15) is 9.59 Å². The summed E-state index contributed by atoms with van der Waals surface area (Å²) in [5.74, 6) is -0.121. The van der Waals surface area contributed by atoms with Crippen molar-refractivity contribution in [2.75, 3.05) is 12.4 Å². The summed E-state index contributed by atoms with van der Waals surface area (Å²) in [6.45, 7) is 5.29. The molecular formula is C21H22Cl2N2O3. The summed E-state index contributed by atoms with van der Waals surface area (Å²) in [6.07, 6.45) is 1.58. The molecule has 0 saturated carbocycles. The quantitative estimate of drug-likeness (QED) is 0.657. The third-order valence-electron chi connectivity index (χ3n) is 3.78. The van der Waals surface area contributed by atoms with Crippen molar-refractivity contribution < 1.29 is 14.3 Å². The molecule has 0 spiro atoms. The monoisotopic (exact) mass is 420 g/mol. The van der Waals surface area contributed by atoms with E-state index in [0.29, 0.717) is 21.5 Å². The van der Waals surface area contributed by atoms with Crippen LogP contribution in [0.1, 0.15) is 26.3 Å². The highest BCUT2D eigenvalue weighted by atomic mass is 35.5. The summed E-state index contributed by atoms with van der Waals surface area (Å²) in [4.78, 5) is 25.3. The van der Waals surface area contributed by atoms with Gasteiger partial charge in [0.2, 0.25) is 5.91 Å². The second kappa shape index (κ2) is 9.13. The zero-order valence-electron chi connectivity index (χ0n) is 16.1. The fourth-order valence-electron chi connectivity index (χ4n) is 2.12. The standard InChI is InChI=1S/C21H22Cl2N2O3/c1-21(2,3)20(27)25-18(11-13-5-8-15(28-4)9-6-13)19(26)24-17-12-14(22)7-10-16(17)23/h5-12H,1-4H3,(H,24,26)(H,25,27)/b18-11+. The van der Waals surface area contributed by atoms with E-state index in [4.69, 9.17) is 27.9 Å². The number of rotatable bonds is 5. The molecule has 5 nitrogen and oxygen atoms in total. The van der Waals surface area contributed by atoms with E-state index < -0.39 is 11.3 Å². The highest BCUT2D eigenvalue weighted by Crippen LogP contribution is 2.26. The third kappa shape index (κ3) is 6.01. The number of nitrogens with one attached hydrogen (secondary N) is 2. The van der Waals surface area contributed by atoms with Gasteiger partial charge in [-0.15, -0.1) is 0 Å². The lowest BCUT2D eigenvalue weighted by Gasteiger charge is -2.19. The van der Waals surface area contributed by atoms with Crippen molar-refractivity contribution in [3.05, 3.63) is 63.8 Å². The van der Waals surface area contributed by atoms with Crippen LogP contribution in [0.3, 0.4) is 0 Å². The molecule has 0 saturated heterocycles. The van der Waals surface area contributed by atoms with Crippen LogP contribution in [-0.4, -0.2) is 18.9 Å². The number of ether oxygens (including phenoxy) is 1. The molecular weight excluding hydrogens is 399 g/mol. The summed E-state index contributed by atoms with van der Waals surface area (Å²) in [6, 6.07) is 11.8. The molecule has 148 valence electrons. The fourth-order valence-corrected chi connectivity index (χ4v) is 2.45. The van der Waals surface area contributed by atoms with Crippen LogP contribution in [0.5, 0.6) is 5.75 Å². The maximum Gasteiger partial charge on any atom is 0.272 e. The Hall–Kier alpha value is -2.50. The second-order valence-corrected chi connectivity index (χ2v) is 7.96. The Labute approximate surface area is 174 Å². The lowest BCUT2D eigenvalue weighted by molar-refractivity contribution is -0.128. The smallest absolute Gasteiger partial charge is 0.272 e. The first-order valence-corrected chi connectivity index (χ1v) is 9.29. The van der Waals surface area contributed by atoms with Gasteiger partial charge in [-0.05, 0) is 42.0 Å². The van der Waals surface area contributed by atoms with E-state index in [1.807, 2.05) is 0 Å². The average Bonchev–Trinajstić information content (AvgIpc) is 2.63. The molecule has 2 rings (SSSR count). The van der Waals surface area contributed by atoms with Crippen LogP contribution in [0, 0.1) is 5.41 Å². The van der Waals surface area contributed by atoms with Gasteiger partial charge in [0.15, 0.2) is 0 Å². The molecule has 0 aliphatic rings. The van der Waals surface area contributed by atoms with Gasteiger partial charge in [-0.3, -0.25) is 9.59 Å². The van der Waals surface area contributed by atoms with Gasteiger partial charge in [0.1, 0.15) is 11.4 Å². The Balaban J connectivity index is 2.35. The van der Waals surface area contributed by atoms with Crippen LogP contribution in [0.4, 0.5) is 5.69 Å². The van der Waals surface area contributed by atoms with Crippen LogP contribution < -0.4 is 15.4 Å². The zero-order valence-corrected chi connectivity index (χ0v) is 17.6. The number of benzene rings is 2. The van der Waals surface area contributed by atoms with E-state index in [0.717, 1.165) is 5.56 Å². The average molecular weight is 421 g/mol. The predicted molar refractivity (Wildman–Crippen MR) is 114 cm³/mol. The van der Waals surface area contributed by atoms with Crippen LogP contribution in [-0.2, 0) is 9.59 Å². The summed E-state index contributed by atoms with van der Waals surface area (Å²) in [5, 5.41) is 6.15. The molecule has 2 N–H and O–H groups in total. The molecule has 2 amide bonds. The van der Waals surface area contributed by atoms with Crippen molar-refractivity contribution >= 4 is 46.8 Å². The highest BCUT2D eigenvalue weighted by molar-refractivity contribution is 6.36.